The van der Waals surface area contributed by atoms with Crippen LogP contribution in [0.4, 0.5) is 0 Å². The number of hydrogen-bond donors (Lipinski definition) is 3. The number of hydrogen-bond acceptors (Lipinski definition) is 3. The average Bonchev–Trinajstić information content (AvgIpc) is 2.34. The molecule has 0 spiro atoms. The van der Waals surface area contributed by atoms with Crippen molar-refractivity contribution in [2.75, 3.05) is 6.54 Å². The molecule has 4 aliphatic carbocycles. The molecule has 4 saturated carbocycles. The van der Waals surface area contributed by atoms with Crippen molar-refractivity contribution in [3.63, 3.8) is 0 Å². The van der Waals surface area contributed by atoms with Crippen molar-refractivity contribution in [3.05, 3.63) is 0 Å². The van der Waals surface area contributed by atoms with Crippen LogP contribution in [0.2, 0.25) is 0 Å². The Morgan fingerprint density at radius 3 is 2.05 bits per heavy atom. The summed E-state index contributed by atoms with van der Waals surface area (Å²) in [6.07, 6.45) is 4.48. The Balaban J connectivity index is 1.60. The summed E-state index contributed by atoms with van der Waals surface area (Å²) in [7, 11) is 0. The van der Waals surface area contributed by atoms with E-state index in [2.05, 4.69) is 5.32 Å². The van der Waals surface area contributed by atoms with Gasteiger partial charge in [0.25, 0.3) is 0 Å². The van der Waals surface area contributed by atoms with E-state index in [1.807, 2.05) is 0 Å². The number of carboxylic acids is 1. The smallest absolute Gasteiger partial charge is 0.334 e. The molecule has 4 fully saturated rings. The Kier molecular flexibility index (Phi) is 3.25. The van der Waals surface area contributed by atoms with Gasteiger partial charge in [0.2, 0.25) is 5.91 Å². The molecule has 0 aromatic heterocycles. The zero-order valence-corrected chi connectivity index (χ0v) is 10.9. The number of aliphatic hydroxyl groups is 1. The molecule has 4 rings (SSSR count). The van der Waals surface area contributed by atoms with Gasteiger partial charge in [0.05, 0.1) is 6.54 Å². The molecule has 0 saturated heterocycles. The van der Waals surface area contributed by atoms with Crippen LogP contribution >= 0.6 is 0 Å². The van der Waals surface area contributed by atoms with Crippen LogP contribution in [0, 0.1) is 29.6 Å². The third kappa shape index (κ3) is 2.36. The fraction of sp³-hybridized carbons (Fsp3) is 0.857. The second-order valence-electron chi connectivity index (χ2n) is 6.56. The van der Waals surface area contributed by atoms with Crippen LogP contribution in [0.15, 0.2) is 0 Å². The Morgan fingerprint density at radius 2 is 1.58 bits per heavy atom. The largest absolute Gasteiger partial charge is 0.479 e. The molecular formula is C14H21NO4. The van der Waals surface area contributed by atoms with Crippen LogP contribution in [-0.2, 0) is 9.59 Å². The Bertz CT molecular complexity index is 367. The first-order valence-electron chi connectivity index (χ1n) is 7.23. The number of carbonyl (C=O) groups excluding carboxylic acids is 1. The van der Waals surface area contributed by atoms with Crippen molar-refractivity contribution in [2.45, 2.75) is 38.2 Å². The first-order chi connectivity index (χ1) is 9.04. The van der Waals surface area contributed by atoms with Gasteiger partial charge in [0.1, 0.15) is 0 Å². The maximum absolute atomic E-state index is 12.2. The molecule has 0 radical (unpaired) electrons. The third-order valence-corrected chi connectivity index (χ3v) is 5.28. The molecule has 4 aliphatic rings. The van der Waals surface area contributed by atoms with Crippen LogP contribution in [-0.4, -0.2) is 34.7 Å². The second-order valence-corrected chi connectivity index (χ2v) is 6.56. The number of amides is 1. The number of nitrogens with one attached hydrogen (secondary N) is 1. The fourth-order valence-corrected chi connectivity index (χ4v) is 4.76. The predicted octanol–water partition coefficient (Wildman–Crippen LogP) is 0.620. The fourth-order valence-electron chi connectivity index (χ4n) is 4.76. The first-order valence-corrected chi connectivity index (χ1v) is 7.23. The van der Waals surface area contributed by atoms with Crippen molar-refractivity contribution in [3.8, 4) is 0 Å². The van der Waals surface area contributed by atoms with E-state index in [0.29, 0.717) is 11.8 Å². The van der Waals surface area contributed by atoms with E-state index in [1.54, 1.807) is 0 Å². The van der Waals surface area contributed by atoms with Gasteiger partial charge in [-0.3, -0.25) is 4.79 Å². The third-order valence-electron chi connectivity index (χ3n) is 5.28. The van der Waals surface area contributed by atoms with Gasteiger partial charge in [0, 0.05) is 5.92 Å². The Hall–Kier alpha value is -1.10. The lowest BCUT2D eigenvalue weighted by Crippen LogP contribution is -2.52. The van der Waals surface area contributed by atoms with E-state index < -0.39 is 12.1 Å². The van der Waals surface area contributed by atoms with E-state index in [-0.39, 0.29) is 18.4 Å². The van der Waals surface area contributed by atoms with E-state index in [0.717, 1.165) is 37.5 Å². The zero-order valence-electron chi connectivity index (χ0n) is 10.9. The highest BCUT2D eigenvalue weighted by molar-refractivity contribution is 5.81. The molecule has 106 valence electrons. The van der Waals surface area contributed by atoms with Crippen LogP contribution in [0.25, 0.3) is 0 Å². The van der Waals surface area contributed by atoms with Crippen molar-refractivity contribution in [1.29, 1.82) is 0 Å². The number of carbonyl (C=O) groups is 2. The number of aliphatic hydroxyl groups excluding tert-OH is 1. The quantitative estimate of drug-likeness (QED) is 0.697. The molecular weight excluding hydrogens is 246 g/mol. The average molecular weight is 267 g/mol. The predicted molar refractivity (Wildman–Crippen MR) is 67.2 cm³/mol. The van der Waals surface area contributed by atoms with Gasteiger partial charge in [-0.2, -0.15) is 0 Å². The van der Waals surface area contributed by atoms with Crippen molar-refractivity contribution < 1.29 is 19.8 Å². The maximum atomic E-state index is 12.2. The van der Waals surface area contributed by atoms with Crippen molar-refractivity contribution >= 4 is 11.9 Å². The highest BCUT2D eigenvalue weighted by Crippen LogP contribution is 2.56. The molecule has 3 N–H and O–H groups in total. The number of rotatable bonds is 4. The van der Waals surface area contributed by atoms with E-state index in [4.69, 9.17) is 5.11 Å². The van der Waals surface area contributed by atoms with Gasteiger partial charge in [-0.05, 0) is 55.8 Å². The molecule has 4 bridgehead atoms. The molecule has 0 heterocycles. The van der Waals surface area contributed by atoms with E-state index >= 15 is 0 Å². The molecule has 19 heavy (non-hydrogen) atoms. The summed E-state index contributed by atoms with van der Waals surface area (Å²) in [4.78, 5) is 22.8. The normalized spacial score (nSPS) is 41.0. The zero-order chi connectivity index (χ0) is 13.6. The summed E-state index contributed by atoms with van der Waals surface area (Å²) in [5.74, 6) is 1.32. The highest BCUT2D eigenvalue weighted by atomic mass is 16.4. The minimum atomic E-state index is -1.50. The van der Waals surface area contributed by atoms with Gasteiger partial charge in [-0.15, -0.1) is 0 Å². The van der Waals surface area contributed by atoms with Gasteiger partial charge in [-0.1, -0.05) is 0 Å². The lowest BCUT2D eigenvalue weighted by atomic mass is 9.51. The lowest BCUT2D eigenvalue weighted by molar-refractivity contribution is -0.147. The van der Waals surface area contributed by atoms with E-state index in [1.165, 1.54) is 6.42 Å². The van der Waals surface area contributed by atoms with Crippen LogP contribution in [0.1, 0.15) is 32.1 Å². The number of carboxylic acid groups (broad SMARTS) is 1. The highest BCUT2D eigenvalue weighted by Gasteiger charge is 2.50. The molecule has 5 heteroatoms. The Morgan fingerprint density at radius 1 is 1.05 bits per heavy atom. The number of aliphatic carboxylic acids is 1. The molecule has 0 unspecified atom stereocenters. The standard InChI is InChI=1S/C14H21NO4/c16-11(14(18)19)6-15-13(17)12-9-2-7-1-8(4-9)5-10(12)3-7/h7-12,16H,1-6H2,(H,15,17)(H,18,19)/t7?,8?,9?,10?,11-,12?/m0/s1. The van der Waals surface area contributed by atoms with Crippen LogP contribution in [0.5, 0.6) is 0 Å². The van der Waals surface area contributed by atoms with Gasteiger partial charge < -0.3 is 15.5 Å². The van der Waals surface area contributed by atoms with Crippen molar-refractivity contribution in [1.82, 2.24) is 5.32 Å². The molecule has 1 amide bonds. The summed E-state index contributed by atoms with van der Waals surface area (Å²) in [6.45, 7) is -0.184. The summed E-state index contributed by atoms with van der Waals surface area (Å²) in [5.41, 5.74) is 0. The monoisotopic (exact) mass is 267 g/mol. The van der Waals surface area contributed by atoms with Crippen LogP contribution in [0.3, 0.4) is 0 Å². The minimum absolute atomic E-state index is 0.0471. The Labute approximate surface area is 112 Å². The van der Waals surface area contributed by atoms with Gasteiger partial charge in [0.15, 0.2) is 6.10 Å². The second kappa shape index (κ2) is 4.78. The van der Waals surface area contributed by atoms with E-state index in [9.17, 15) is 14.7 Å². The summed E-state index contributed by atoms with van der Waals surface area (Å²) >= 11 is 0. The topological polar surface area (TPSA) is 86.6 Å². The molecule has 5 nitrogen and oxygen atoms in total. The maximum Gasteiger partial charge on any atom is 0.334 e. The van der Waals surface area contributed by atoms with Gasteiger partial charge >= 0.3 is 5.97 Å². The molecule has 0 aromatic carbocycles. The summed E-state index contributed by atoms with van der Waals surface area (Å²) < 4.78 is 0. The summed E-state index contributed by atoms with van der Waals surface area (Å²) in [5, 5.41) is 20.4. The lowest BCUT2D eigenvalue weighted by Gasteiger charge is -2.53. The molecule has 0 aliphatic heterocycles. The molecule has 0 aromatic rings. The SMILES string of the molecule is O=C(NC[C@H](O)C(=O)O)C1C2CC3CC(C2)CC1C3. The van der Waals surface area contributed by atoms with Crippen LogP contribution < -0.4 is 5.32 Å². The first kappa shape index (κ1) is 12.9. The minimum Gasteiger partial charge on any atom is -0.479 e. The molecule has 1 atom stereocenters. The summed E-state index contributed by atoms with van der Waals surface area (Å²) in [6, 6.07) is 0. The van der Waals surface area contributed by atoms with Crippen molar-refractivity contribution in [2.24, 2.45) is 29.6 Å². The van der Waals surface area contributed by atoms with Gasteiger partial charge in [-0.25, -0.2) is 4.79 Å².